The van der Waals surface area contributed by atoms with E-state index in [0.29, 0.717) is 29.7 Å². The first-order chi connectivity index (χ1) is 14.1. The minimum atomic E-state index is -0.400. The first-order valence-electron chi connectivity index (χ1n) is 9.82. The van der Waals surface area contributed by atoms with Crippen LogP contribution >= 0.6 is 0 Å². The number of rotatable bonds is 4. The number of nitrogens with zero attached hydrogens (tertiary/aromatic N) is 3. The Hall–Kier alpha value is -3.19. The SMILES string of the molecule is O=c1cccc2n1C[C@@H]1C[C@@H]2CN(Cc2ccc(-c3cccc([N+](=O)[O-])c3)o2)C1. The molecule has 0 amide bonds. The molecule has 0 aliphatic carbocycles. The van der Waals surface area contributed by atoms with Crippen LogP contribution in [0.1, 0.15) is 23.8 Å². The van der Waals surface area contributed by atoms with Crippen LogP contribution < -0.4 is 5.56 Å². The molecule has 0 unspecified atom stereocenters. The molecule has 148 valence electrons. The van der Waals surface area contributed by atoms with Gasteiger partial charge in [0.1, 0.15) is 11.5 Å². The van der Waals surface area contributed by atoms with Gasteiger partial charge in [-0.25, -0.2) is 0 Å². The molecule has 7 nitrogen and oxygen atoms in total. The number of nitro benzene ring substituents is 1. The molecule has 1 fully saturated rings. The maximum atomic E-state index is 12.2. The van der Waals surface area contributed by atoms with Crippen molar-refractivity contribution in [2.75, 3.05) is 13.1 Å². The van der Waals surface area contributed by atoms with Crippen molar-refractivity contribution in [2.45, 2.75) is 25.4 Å². The molecular formula is C22H21N3O4. The second-order valence-corrected chi connectivity index (χ2v) is 7.97. The zero-order valence-electron chi connectivity index (χ0n) is 15.9. The standard InChI is InChI=1S/C22H21N3O4/c26-22-6-2-5-20-17-9-15(12-24(20)22)11-23(13-17)14-19-7-8-21(29-19)16-3-1-4-18(10-16)25(27)28/h1-8,10,15,17H,9,11-14H2/t15-,17-/m1/s1. The molecule has 1 aromatic carbocycles. The van der Waals surface area contributed by atoms with Gasteiger partial charge >= 0.3 is 0 Å². The summed E-state index contributed by atoms with van der Waals surface area (Å²) in [6.07, 6.45) is 1.12. The lowest BCUT2D eigenvalue weighted by atomic mass is 9.83. The minimum Gasteiger partial charge on any atom is -0.460 e. The summed E-state index contributed by atoms with van der Waals surface area (Å²) in [5.41, 5.74) is 1.99. The molecule has 4 heterocycles. The van der Waals surface area contributed by atoms with Crippen molar-refractivity contribution in [3.05, 3.63) is 86.5 Å². The first kappa shape index (κ1) is 17.9. The summed E-state index contributed by atoms with van der Waals surface area (Å²) in [5.74, 6) is 2.31. The molecule has 0 N–H and O–H groups in total. The van der Waals surface area contributed by atoms with Crippen molar-refractivity contribution >= 4 is 5.69 Å². The van der Waals surface area contributed by atoms with E-state index in [1.54, 1.807) is 12.1 Å². The van der Waals surface area contributed by atoms with Gasteiger partial charge in [0.25, 0.3) is 11.2 Å². The van der Waals surface area contributed by atoms with Crippen LogP contribution in [0.25, 0.3) is 11.3 Å². The molecule has 2 aliphatic heterocycles. The second-order valence-electron chi connectivity index (χ2n) is 7.97. The van der Waals surface area contributed by atoms with Gasteiger partial charge in [-0.2, -0.15) is 0 Å². The monoisotopic (exact) mass is 391 g/mol. The molecule has 0 saturated carbocycles. The van der Waals surface area contributed by atoms with Gasteiger partial charge in [0, 0.05) is 55.0 Å². The number of benzene rings is 1. The Labute approximate surface area is 167 Å². The van der Waals surface area contributed by atoms with E-state index in [2.05, 4.69) is 11.0 Å². The molecule has 7 heteroatoms. The third-order valence-electron chi connectivity index (χ3n) is 5.94. The predicted octanol–water partition coefficient (Wildman–Crippen LogP) is 3.64. The lowest BCUT2D eigenvalue weighted by molar-refractivity contribution is -0.384. The van der Waals surface area contributed by atoms with Gasteiger partial charge in [-0.1, -0.05) is 18.2 Å². The maximum Gasteiger partial charge on any atom is 0.270 e. The number of aromatic nitrogens is 1. The summed E-state index contributed by atoms with van der Waals surface area (Å²) in [6.45, 7) is 3.30. The summed E-state index contributed by atoms with van der Waals surface area (Å²) >= 11 is 0. The Morgan fingerprint density at radius 2 is 1.93 bits per heavy atom. The van der Waals surface area contributed by atoms with E-state index in [9.17, 15) is 14.9 Å². The molecule has 0 radical (unpaired) electrons. The molecule has 5 rings (SSSR count). The van der Waals surface area contributed by atoms with E-state index in [-0.39, 0.29) is 11.2 Å². The van der Waals surface area contributed by atoms with Gasteiger partial charge < -0.3 is 8.98 Å². The number of likely N-dealkylation sites (tertiary alicyclic amines) is 1. The number of nitro groups is 1. The van der Waals surface area contributed by atoms with Crippen molar-refractivity contribution in [3.8, 4) is 11.3 Å². The normalized spacial score (nSPS) is 21.0. The van der Waals surface area contributed by atoms with E-state index < -0.39 is 4.92 Å². The lowest BCUT2D eigenvalue weighted by Crippen LogP contribution is -2.46. The van der Waals surface area contributed by atoms with Crippen LogP contribution in [0.5, 0.6) is 0 Å². The van der Waals surface area contributed by atoms with E-state index in [1.807, 2.05) is 28.8 Å². The van der Waals surface area contributed by atoms with Crippen LogP contribution in [0.15, 0.2) is 63.8 Å². The van der Waals surface area contributed by atoms with Crippen LogP contribution in [0.4, 0.5) is 5.69 Å². The number of fused-ring (bicyclic) bond motifs is 4. The maximum absolute atomic E-state index is 12.2. The second kappa shape index (κ2) is 7.00. The number of hydrogen-bond acceptors (Lipinski definition) is 5. The zero-order chi connectivity index (χ0) is 20.0. The van der Waals surface area contributed by atoms with E-state index in [1.165, 1.54) is 12.1 Å². The summed E-state index contributed by atoms with van der Waals surface area (Å²) in [7, 11) is 0. The molecular weight excluding hydrogens is 370 g/mol. The third kappa shape index (κ3) is 3.38. The third-order valence-corrected chi connectivity index (χ3v) is 5.94. The van der Waals surface area contributed by atoms with E-state index in [0.717, 1.165) is 37.5 Å². The Kier molecular flexibility index (Phi) is 4.32. The van der Waals surface area contributed by atoms with Gasteiger partial charge in [0.15, 0.2) is 0 Å². The average Bonchev–Trinajstić information content (AvgIpc) is 3.17. The fraction of sp³-hybridized carbons (Fsp3) is 0.318. The van der Waals surface area contributed by atoms with Crippen LogP contribution in [0.2, 0.25) is 0 Å². The Balaban J connectivity index is 1.33. The molecule has 0 spiro atoms. The summed E-state index contributed by atoms with van der Waals surface area (Å²) in [5, 5.41) is 11.0. The van der Waals surface area contributed by atoms with Gasteiger partial charge in [-0.3, -0.25) is 19.8 Å². The number of furan rings is 1. The van der Waals surface area contributed by atoms with Gasteiger partial charge in [-0.15, -0.1) is 0 Å². The van der Waals surface area contributed by atoms with Crippen LogP contribution in [-0.2, 0) is 13.1 Å². The first-order valence-corrected chi connectivity index (χ1v) is 9.82. The topological polar surface area (TPSA) is 81.5 Å². The van der Waals surface area contributed by atoms with Crippen molar-refractivity contribution in [1.29, 1.82) is 0 Å². The molecule has 2 aromatic heterocycles. The fourth-order valence-corrected chi connectivity index (χ4v) is 4.74. The van der Waals surface area contributed by atoms with Crippen LogP contribution in [0, 0.1) is 16.0 Å². The Bertz CT molecular complexity index is 1130. The minimum absolute atomic E-state index is 0.0539. The Morgan fingerprint density at radius 3 is 2.79 bits per heavy atom. The number of hydrogen-bond donors (Lipinski definition) is 0. The largest absolute Gasteiger partial charge is 0.460 e. The highest BCUT2D eigenvalue weighted by Crippen LogP contribution is 2.36. The number of non-ortho nitro benzene ring substituents is 1. The van der Waals surface area contributed by atoms with Crippen LogP contribution in [-0.4, -0.2) is 27.5 Å². The van der Waals surface area contributed by atoms with Crippen LogP contribution in [0.3, 0.4) is 0 Å². The molecule has 2 aliphatic rings. The molecule has 3 aromatic rings. The highest BCUT2D eigenvalue weighted by Gasteiger charge is 2.34. The van der Waals surface area contributed by atoms with Crippen molar-refractivity contribution in [2.24, 2.45) is 5.92 Å². The molecule has 29 heavy (non-hydrogen) atoms. The van der Waals surface area contributed by atoms with Crippen molar-refractivity contribution in [1.82, 2.24) is 9.47 Å². The van der Waals surface area contributed by atoms with Crippen molar-refractivity contribution < 1.29 is 9.34 Å². The smallest absolute Gasteiger partial charge is 0.270 e. The Morgan fingerprint density at radius 1 is 1.07 bits per heavy atom. The number of piperidine rings is 1. The fourth-order valence-electron chi connectivity index (χ4n) is 4.74. The lowest BCUT2D eigenvalue weighted by Gasteiger charge is -2.42. The quantitative estimate of drug-likeness (QED) is 0.501. The zero-order valence-corrected chi connectivity index (χ0v) is 15.9. The highest BCUT2D eigenvalue weighted by molar-refractivity contribution is 5.61. The number of pyridine rings is 1. The van der Waals surface area contributed by atoms with E-state index >= 15 is 0 Å². The predicted molar refractivity (Wildman–Crippen MR) is 108 cm³/mol. The molecule has 2 atom stereocenters. The molecule has 1 saturated heterocycles. The highest BCUT2D eigenvalue weighted by atomic mass is 16.6. The molecule has 2 bridgehead atoms. The summed E-state index contributed by atoms with van der Waals surface area (Å²) in [6, 6.07) is 15.9. The van der Waals surface area contributed by atoms with Gasteiger partial charge in [0.05, 0.1) is 11.5 Å². The van der Waals surface area contributed by atoms with Gasteiger partial charge in [0.2, 0.25) is 0 Å². The van der Waals surface area contributed by atoms with E-state index in [4.69, 9.17) is 4.42 Å². The average molecular weight is 391 g/mol. The van der Waals surface area contributed by atoms with Crippen molar-refractivity contribution in [3.63, 3.8) is 0 Å². The summed E-state index contributed by atoms with van der Waals surface area (Å²) < 4.78 is 7.93. The summed E-state index contributed by atoms with van der Waals surface area (Å²) in [4.78, 5) is 25.2. The van der Waals surface area contributed by atoms with Gasteiger partial charge in [-0.05, 0) is 30.5 Å².